The second kappa shape index (κ2) is 4.95. The molecule has 0 saturated heterocycles. The van der Waals surface area contributed by atoms with Gasteiger partial charge in [-0.25, -0.2) is 0 Å². The summed E-state index contributed by atoms with van der Waals surface area (Å²) < 4.78 is 5.04. The van der Waals surface area contributed by atoms with Gasteiger partial charge in [0.1, 0.15) is 10.7 Å². The monoisotopic (exact) mass is 244 g/mol. The zero-order valence-electron chi connectivity index (χ0n) is 7.70. The molecule has 4 nitrogen and oxygen atoms in total. The van der Waals surface area contributed by atoms with Gasteiger partial charge in [0.05, 0.1) is 5.02 Å². The van der Waals surface area contributed by atoms with Crippen LogP contribution in [0.1, 0.15) is 5.56 Å². The summed E-state index contributed by atoms with van der Waals surface area (Å²) in [7, 11) is 0. The molecule has 0 fully saturated rings. The van der Waals surface area contributed by atoms with Gasteiger partial charge in [-0.2, -0.15) is 0 Å². The highest BCUT2D eigenvalue weighted by molar-refractivity contribution is 7.80. The van der Waals surface area contributed by atoms with Gasteiger partial charge in [-0.05, 0) is 18.2 Å². The van der Waals surface area contributed by atoms with Crippen LogP contribution in [0.4, 0.5) is 0 Å². The molecule has 0 heterocycles. The van der Waals surface area contributed by atoms with Crippen LogP contribution in [0, 0.1) is 0 Å². The minimum Gasteiger partial charge on any atom is -0.484 e. The van der Waals surface area contributed by atoms with E-state index in [1.54, 1.807) is 12.1 Å². The summed E-state index contributed by atoms with van der Waals surface area (Å²) in [6, 6.07) is 4.77. The summed E-state index contributed by atoms with van der Waals surface area (Å²) in [6.07, 6.45) is 0. The number of rotatable bonds is 4. The standard InChI is InChI=1S/C9H9ClN2O2S/c10-7-3-5(14-4-8(11)13)1-2-6(7)9(12)15/h1-3H,4H2,(H2,11,13)(H2,12,15). The highest BCUT2D eigenvalue weighted by atomic mass is 35.5. The maximum Gasteiger partial charge on any atom is 0.255 e. The largest absolute Gasteiger partial charge is 0.484 e. The number of carbonyl (C=O) groups is 1. The van der Waals surface area contributed by atoms with E-state index in [-0.39, 0.29) is 11.6 Å². The first-order chi connectivity index (χ1) is 7.00. The average molecular weight is 245 g/mol. The number of nitrogens with two attached hydrogens (primary N) is 2. The van der Waals surface area contributed by atoms with Gasteiger partial charge in [0.25, 0.3) is 5.91 Å². The van der Waals surface area contributed by atoms with Crippen molar-refractivity contribution in [3.8, 4) is 5.75 Å². The fraction of sp³-hybridized carbons (Fsp3) is 0.111. The summed E-state index contributed by atoms with van der Waals surface area (Å²) in [6.45, 7) is -0.192. The molecule has 15 heavy (non-hydrogen) atoms. The van der Waals surface area contributed by atoms with Gasteiger partial charge in [-0.1, -0.05) is 23.8 Å². The van der Waals surface area contributed by atoms with Gasteiger partial charge in [0.15, 0.2) is 6.61 Å². The van der Waals surface area contributed by atoms with Crippen LogP contribution < -0.4 is 16.2 Å². The molecule has 0 aliphatic rings. The minimum atomic E-state index is -0.551. The number of hydrogen-bond donors (Lipinski definition) is 2. The predicted octanol–water partition coefficient (Wildman–Crippen LogP) is 0.838. The Kier molecular flexibility index (Phi) is 3.88. The lowest BCUT2D eigenvalue weighted by Gasteiger charge is -2.06. The van der Waals surface area contributed by atoms with Crippen LogP contribution in [0.2, 0.25) is 5.02 Å². The van der Waals surface area contributed by atoms with Crippen molar-refractivity contribution in [2.24, 2.45) is 11.5 Å². The molecule has 0 aliphatic heterocycles. The van der Waals surface area contributed by atoms with E-state index in [0.717, 1.165) is 0 Å². The van der Waals surface area contributed by atoms with Crippen molar-refractivity contribution in [1.82, 2.24) is 0 Å². The van der Waals surface area contributed by atoms with E-state index in [4.69, 9.17) is 40.0 Å². The quantitative estimate of drug-likeness (QED) is 0.770. The number of carbonyl (C=O) groups excluding carboxylic acids is 1. The number of halogens is 1. The number of primary amides is 1. The third kappa shape index (κ3) is 3.38. The maximum absolute atomic E-state index is 10.5. The Morgan fingerprint density at radius 1 is 1.47 bits per heavy atom. The van der Waals surface area contributed by atoms with Crippen LogP contribution >= 0.6 is 23.8 Å². The van der Waals surface area contributed by atoms with Gasteiger partial charge in [0.2, 0.25) is 0 Å². The van der Waals surface area contributed by atoms with E-state index in [2.05, 4.69) is 0 Å². The molecule has 4 N–H and O–H groups in total. The molecule has 0 unspecified atom stereocenters. The van der Waals surface area contributed by atoms with E-state index in [1.807, 2.05) is 0 Å². The van der Waals surface area contributed by atoms with Gasteiger partial charge < -0.3 is 16.2 Å². The Balaban J connectivity index is 2.82. The molecular weight excluding hydrogens is 236 g/mol. The van der Waals surface area contributed by atoms with E-state index in [0.29, 0.717) is 16.3 Å². The summed E-state index contributed by atoms with van der Waals surface area (Å²) in [5.74, 6) is -0.108. The number of benzene rings is 1. The predicted molar refractivity (Wildman–Crippen MR) is 62.0 cm³/mol. The van der Waals surface area contributed by atoms with Crippen LogP contribution in [0.5, 0.6) is 5.75 Å². The molecule has 1 amide bonds. The summed E-state index contributed by atoms with van der Waals surface area (Å²) in [5.41, 5.74) is 10.9. The zero-order chi connectivity index (χ0) is 11.4. The lowest BCUT2D eigenvalue weighted by molar-refractivity contribution is -0.119. The fourth-order valence-corrected chi connectivity index (χ4v) is 1.45. The summed E-state index contributed by atoms with van der Waals surface area (Å²) in [4.78, 5) is 10.7. The third-order valence-electron chi connectivity index (χ3n) is 1.59. The van der Waals surface area contributed by atoms with Crippen molar-refractivity contribution >= 4 is 34.7 Å². The Bertz CT molecular complexity index is 409. The molecule has 1 aromatic carbocycles. The van der Waals surface area contributed by atoms with E-state index in [9.17, 15) is 4.79 Å². The van der Waals surface area contributed by atoms with Gasteiger partial charge in [0, 0.05) is 5.56 Å². The number of thiocarbonyl (C=S) groups is 1. The van der Waals surface area contributed by atoms with Gasteiger partial charge in [-0.3, -0.25) is 4.79 Å². The van der Waals surface area contributed by atoms with E-state index < -0.39 is 5.91 Å². The molecule has 0 bridgehead atoms. The van der Waals surface area contributed by atoms with Crippen LogP contribution in [0.3, 0.4) is 0 Å². The molecule has 0 radical (unpaired) electrons. The van der Waals surface area contributed by atoms with Crippen LogP contribution in [0.15, 0.2) is 18.2 Å². The lowest BCUT2D eigenvalue weighted by Crippen LogP contribution is -2.20. The molecule has 6 heteroatoms. The lowest BCUT2D eigenvalue weighted by atomic mass is 10.2. The van der Waals surface area contributed by atoms with Gasteiger partial charge >= 0.3 is 0 Å². The molecule has 0 spiro atoms. The van der Waals surface area contributed by atoms with Crippen LogP contribution in [-0.2, 0) is 4.79 Å². The van der Waals surface area contributed by atoms with Crippen molar-refractivity contribution < 1.29 is 9.53 Å². The molecule has 1 rings (SSSR count). The Morgan fingerprint density at radius 2 is 2.13 bits per heavy atom. The number of hydrogen-bond acceptors (Lipinski definition) is 3. The summed E-state index contributed by atoms with van der Waals surface area (Å²) >= 11 is 10.7. The second-order valence-electron chi connectivity index (χ2n) is 2.76. The van der Waals surface area contributed by atoms with E-state index >= 15 is 0 Å². The van der Waals surface area contributed by atoms with E-state index in [1.165, 1.54) is 6.07 Å². The van der Waals surface area contributed by atoms with Crippen LogP contribution in [0.25, 0.3) is 0 Å². The average Bonchev–Trinajstić information content (AvgIpc) is 2.14. The topological polar surface area (TPSA) is 78.3 Å². The third-order valence-corrected chi connectivity index (χ3v) is 2.12. The molecular formula is C9H9ClN2O2S. The molecule has 0 aliphatic carbocycles. The van der Waals surface area contributed by atoms with Crippen LogP contribution in [-0.4, -0.2) is 17.5 Å². The normalized spacial score (nSPS) is 9.67. The number of ether oxygens (including phenoxy) is 1. The SMILES string of the molecule is NC(=O)COc1ccc(C(N)=S)c(Cl)c1. The zero-order valence-corrected chi connectivity index (χ0v) is 9.27. The molecule has 0 aromatic heterocycles. The number of amides is 1. The first kappa shape index (κ1) is 11.7. The Labute approximate surface area is 97.1 Å². The molecule has 0 saturated carbocycles. The minimum absolute atomic E-state index is 0.192. The van der Waals surface area contributed by atoms with Gasteiger partial charge in [-0.15, -0.1) is 0 Å². The Hall–Kier alpha value is -1.33. The van der Waals surface area contributed by atoms with Crippen molar-refractivity contribution in [3.63, 3.8) is 0 Å². The van der Waals surface area contributed by atoms with Crippen molar-refractivity contribution in [2.75, 3.05) is 6.61 Å². The molecule has 1 aromatic rings. The summed E-state index contributed by atoms with van der Waals surface area (Å²) in [5, 5.41) is 0.379. The second-order valence-corrected chi connectivity index (χ2v) is 3.61. The first-order valence-corrected chi connectivity index (χ1v) is 4.80. The smallest absolute Gasteiger partial charge is 0.255 e. The Morgan fingerprint density at radius 3 is 2.60 bits per heavy atom. The van der Waals surface area contributed by atoms with Crippen molar-refractivity contribution in [2.45, 2.75) is 0 Å². The first-order valence-electron chi connectivity index (χ1n) is 4.01. The van der Waals surface area contributed by atoms with Crippen molar-refractivity contribution in [1.29, 1.82) is 0 Å². The highest BCUT2D eigenvalue weighted by Crippen LogP contribution is 2.22. The maximum atomic E-state index is 10.5. The molecule has 80 valence electrons. The highest BCUT2D eigenvalue weighted by Gasteiger charge is 2.05. The van der Waals surface area contributed by atoms with Crippen molar-refractivity contribution in [3.05, 3.63) is 28.8 Å². The molecule has 0 atom stereocenters. The fourth-order valence-electron chi connectivity index (χ4n) is 0.940.